The van der Waals surface area contributed by atoms with Crippen molar-refractivity contribution < 1.29 is 14.6 Å². The molecule has 5 rings (SSSR count). The van der Waals surface area contributed by atoms with Crippen LogP contribution in [0.15, 0.2) is 48.0 Å². The number of aliphatic hydroxyl groups excluding tert-OH is 1. The standard InChI is InChI=1S/C32H42N4O3S/c1-21-35-24(20-40-21)15-29(38)36-26(14-22-9-6-5-7-10-22)28(37)19-33-27-17-32(11-8-12-32)39-30-25(27)13-23(18-34-30)16-31(2,3)4/h5-7,9-10,13,18,20,26-28,33,37H,8,11-12,14-17,19H2,1-4H3,(H,36,38)/t26-,27-,28+/m0/s1. The van der Waals surface area contributed by atoms with Crippen LogP contribution in [0.25, 0.3) is 0 Å². The lowest BCUT2D eigenvalue weighted by Gasteiger charge is -2.47. The molecule has 1 aliphatic heterocycles. The van der Waals surface area contributed by atoms with Gasteiger partial charge in [-0.3, -0.25) is 4.79 Å². The third kappa shape index (κ3) is 7.28. The first-order chi connectivity index (χ1) is 19.1. The maximum absolute atomic E-state index is 13.0. The van der Waals surface area contributed by atoms with Crippen molar-refractivity contribution in [2.75, 3.05) is 6.54 Å². The van der Waals surface area contributed by atoms with Crippen LogP contribution < -0.4 is 15.4 Å². The number of ether oxygens (including phenoxy) is 1. The van der Waals surface area contributed by atoms with Crippen LogP contribution in [-0.2, 0) is 24.1 Å². The number of hydrogen-bond acceptors (Lipinski definition) is 7. The zero-order valence-corrected chi connectivity index (χ0v) is 24.9. The summed E-state index contributed by atoms with van der Waals surface area (Å²) in [6, 6.07) is 11.8. The highest BCUT2D eigenvalue weighted by atomic mass is 32.1. The quantitative estimate of drug-likeness (QED) is 0.318. The highest BCUT2D eigenvalue weighted by Crippen LogP contribution is 2.48. The number of thiazole rings is 1. The van der Waals surface area contributed by atoms with Crippen LogP contribution in [0.3, 0.4) is 0 Å². The van der Waals surface area contributed by atoms with Gasteiger partial charge < -0.3 is 20.5 Å². The smallest absolute Gasteiger partial charge is 0.226 e. The van der Waals surface area contributed by atoms with Crippen molar-refractivity contribution in [3.8, 4) is 5.88 Å². The zero-order valence-electron chi connectivity index (χ0n) is 24.1. The average molecular weight is 563 g/mol. The molecule has 1 fully saturated rings. The lowest BCUT2D eigenvalue weighted by atomic mass is 9.73. The minimum atomic E-state index is -0.782. The topological polar surface area (TPSA) is 96.4 Å². The Balaban J connectivity index is 1.31. The van der Waals surface area contributed by atoms with Gasteiger partial charge in [0.2, 0.25) is 11.8 Å². The summed E-state index contributed by atoms with van der Waals surface area (Å²) in [7, 11) is 0. The number of aliphatic hydroxyl groups is 1. The van der Waals surface area contributed by atoms with Crippen molar-refractivity contribution in [3.63, 3.8) is 0 Å². The maximum atomic E-state index is 13.0. The van der Waals surface area contributed by atoms with Gasteiger partial charge in [0.25, 0.3) is 0 Å². The molecule has 1 spiro atoms. The number of nitrogens with one attached hydrogen (secondary N) is 2. The highest BCUT2D eigenvalue weighted by Gasteiger charge is 2.46. The molecule has 1 aliphatic carbocycles. The summed E-state index contributed by atoms with van der Waals surface area (Å²) in [4.78, 5) is 22.1. The van der Waals surface area contributed by atoms with Gasteiger partial charge in [-0.05, 0) is 61.6 Å². The minimum absolute atomic E-state index is 0.0252. The molecule has 8 heteroatoms. The summed E-state index contributed by atoms with van der Waals surface area (Å²) in [5.41, 5.74) is 4.07. The Kier molecular flexibility index (Phi) is 8.59. The predicted molar refractivity (Wildman–Crippen MR) is 159 cm³/mol. The fourth-order valence-corrected chi connectivity index (χ4v) is 6.43. The number of pyridine rings is 1. The van der Waals surface area contributed by atoms with E-state index < -0.39 is 12.1 Å². The van der Waals surface area contributed by atoms with E-state index in [1.54, 1.807) is 0 Å². The Hall–Kier alpha value is -2.81. The number of amides is 1. The second-order valence-electron chi connectivity index (χ2n) is 12.7. The Morgan fingerprint density at radius 3 is 2.65 bits per heavy atom. The molecule has 3 atom stereocenters. The average Bonchev–Trinajstić information content (AvgIpc) is 3.29. The van der Waals surface area contributed by atoms with Gasteiger partial charge in [0.1, 0.15) is 5.60 Å². The van der Waals surface area contributed by atoms with Gasteiger partial charge in [0.05, 0.1) is 29.3 Å². The molecule has 40 heavy (non-hydrogen) atoms. The fraction of sp³-hybridized carbons (Fsp3) is 0.531. The molecule has 0 unspecified atom stereocenters. The van der Waals surface area contributed by atoms with E-state index in [2.05, 4.69) is 42.5 Å². The van der Waals surface area contributed by atoms with E-state index >= 15 is 0 Å². The SMILES string of the molecule is Cc1nc(CC(=O)N[C@@H](Cc2ccccc2)[C@H](O)CN[C@H]2CC3(CCC3)Oc3ncc(CC(C)(C)C)cc32)cs1. The lowest BCUT2D eigenvalue weighted by molar-refractivity contribution is -0.122. The number of nitrogens with zero attached hydrogens (tertiary/aromatic N) is 2. The number of carbonyl (C=O) groups is 1. The third-order valence-corrected chi connectivity index (χ3v) is 8.71. The van der Waals surface area contributed by atoms with E-state index in [-0.39, 0.29) is 29.4 Å². The number of carbonyl (C=O) groups excluding carboxylic acids is 1. The van der Waals surface area contributed by atoms with Crippen molar-refractivity contribution in [1.82, 2.24) is 20.6 Å². The molecule has 0 radical (unpaired) electrons. The first-order valence-corrected chi connectivity index (χ1v) is 15.3. The van der Waals surface area contributed by atoms with Gasteiger partial charge in [-0.1, -0.05) is 51.1 Å². The largest absolute Gasteiger partial charge is 0.471 e. The highest BCUT2D eigenvalue weighted by molar-refractivity contribution is 7.09. The van der Waals surface area contributed by atoms with Crippen LogP contribution in [0.5, 0.6) is 5.88 Å². The molecule has 3 aromatic rings. The summed E-state index contributed by atoms with van der Waals surface area (Å²) < 4.78 is 6.44. The van der Waals surface area contributed by atoms with Crippen molar-refractivity contribution in [1.29, 1.82) is 0 Å². The van der Waals surface area contributed by atoms with Crippen molar-refractivity contribution in [2.45, 2.75) is 96.4 Å². The molecule has 0 bridgehead atoms. The van der Waals surface area contributed by atoms with Gasteiger partial charge in [-0.15, -0.1) is 11.3 Å². The first-order valence-electron chi connectivity index (χ1n) is 14.4. The molecule has 214 valence electrons. The zero-order chi connectivity index (χ0) is 28.3. The number of aryl methyl sites for hydroxylation is 1. The van der Waals surface area contributed by atoms with Crippen LogP contribution >= 0.6 is 11.3 Å². The molecule has 3 N–H and O–H groups in total. The third-order valence-electron chi connectivity index (χ3n) is 7.89. The first kappa shape index (κ1) is 28.7. The van der Waals surface area contributed by atoms with Crippen molar-refractivity contribution >= 4 is 17.2 Å². The number of hydrogen-bond donors (Lipinski definition) is 3. The van der Waals surface area contributed by atoms with Crippen LogP contribution in [0, 0.1) is 12.3 Å². The van der Waals surface area contributed by atoms with Crippen LogP contribution in [0.2, 0.25) is 0 Å². The summed E-state index contributed by atoms with van der Waals surface area (Å²) in [5, 5.41) is 21.0. The van der Waals surface area contributed by atoms with E-state index in [1.165, 1.54) is 16.9 Å². The summed E-state index contributed by atoms with van der Waals surface area (Å²) in [6.07, 6.45) is 6.91. The lowest BCUT2D eigenvalue weighted by Crippen LogP contribution is -2.52. The number of benzene rings is 1. The molecular weight excluding hydrogens is 520 g/mol. The fourth-order valence-electron chi connectivity index (χ4n) is 5.82. The molecule has 1 aromatic carbocycles. The van der Waals surface area contributed by atoms with Gasteiger partial charge in [-0.25, -0.2) is 9.97 Å². The van der Waals surface area contributed by atoms with Gasteiger partial charge in [0, 0.05) is 36.1 Å². The van der Waals surface area contributed by atoms with Crippen molar-refractivity contribution in [2.24, 2.45) is 5.41 Å². The van der Waals surface area contributed by atoms with E-state index in [4.69, 9.17) is 9.72 Å². The number of aromatic nitrogens is 2. The number of fused-ring (bicyclic) bond motifs is 1. The molecule has 2 aliphatic rings. The van der Waals surface area contributed by atoms with Crippen molar-refractivity contribution in [3.05, 3.63) is 75.4 Å². The monoisotopic (exact) mass is 562 g/mol. The molecule has 0 saturated heterocycles. The molecule has 1 saturated carbocycles. The summed E-state index contributed by atoms with van der Waals surface area (Å²) in [6.45, 7) is 8.97. The van der Waals surface area contributed by atoms with Crippen LogP contribution in [-0.4, -0.2) is 45.3 Å². The Bertz CT molecular complexity index is 1300. The van der Waals surface area contributed by atoms with Gasteiger partial charge >= 0.3 is 0 Å². The molecule has 1 amide bonds. The van der Waals surface area contributed by atoms with Crippen LogP contribution in [0.4, 0.5) is 0 Å². The molecule has 7 nitrogen and oxygen atoms in total. The maximum Gasteiger partial charge on any atom is 0.226 e. The number of rotatable bonds is 10. The van der Waals surface area contributed by atoms with Gasteiger partial charge in [0.15, 0.2) is 0 Å². The minimum Gasteiger partial charge on any atom is -0.471 e. The second kappa shape index (κ2) is 12.0. The predicted octanol–water partition coefficient (Wildman–Crippen LogP) is 5.10. The van der Waals surface area contributed by atoms with E-state index in [0.717, 1.165) is 53.9 Å². The second-order valence-corrected chi connectivity index (χ2v) is 13.8. The normalized spacial score (nSPS) is 19.3. The Morgan fingerprint density at radius 2 is 2.00 bits per heavy atom. The molecule has 3 heterocycles. The van der Waals surface area contributed by atoms with E-state index in [0.29, 0.717) is 18.8 Å². The molecular formula is C32H42N4O3S. The van der Waals surface area contributed by atoms with E-state index in [9.17, 15) is 9.90 Å². The Morgan fingerprint density at radius 1 is 1.23 bits per heavy atom. The Labute approximate surface area is 241 Å². The van der Waals surface area contributed by atoms with E-state index in [1.807, 2.05) is 48.8 Å². The summed E-state index contributed by atoms with van der Waals surface area (Å²) in [5.74, 6) is 0.578. The summed E-state index contributed by atoms with van der Waals surface area (Å²) >= 11 is 1.54. The molecule has 2 aromatic heterocycles. The van der Waals surface area contributed by atoms with Gasteiger partial charge in [-0.2, -0.15) is 0 Å². The van der Waals surface area contributed by atoms with Crippen LogP contribution in [0.1, 0.15) is 79.9 Å².